The largest absolute Gasteiger partial charge is 0.489 e. The Morgan fingerprint density at radius 3 is 2.57 bits per heavy atom. The molecule has 5 atom stereocenters. The van der Waals surface area contributed by atoms with Gasteiger partial charge in [0, 0.05) is 17.7 Å². The summed E-state index contributed by atoms with van der Waals surface area (Å²) < 4.78 is 16.3. The third kappa shape index (κ3) is 5.28. The summed E-state index contributed by atoms with van der Waals surface area (Å²) in [7, 11) is 1.33. The monoisotopic (exact) mass is 437 g/mol. The first kappa shape index (κ1) is 22.5. The van der Waals surface area contributed by atoms with Gasteiger partial charge in [0.1, 0.15) is 36.7 Å². The number of methoxy groups -OCH3 is 1. The molecule has 2 aromatic rings. The van der Waals surface area contributed by atoms with E-state index in [0.717, 1.165) is 5.56 Å². The van der Waals surface area contributed by atoms with Crippen molar-refractivity contribution in [3.05, 3.63) is 64.7 Å². The van der Waals surface area contributed by atoms with Crippen LogP contribution >= 0.6 is 11.6 Å². The van der Waals surface area contributed by atoms with Gasteiger partial charge in [-0.15, -0.1) is 0 Å². The molecule has 1 saturated heterocycles. The maximum Gasteiger partial charge on any atom is 0.251 e. The highest BCUT2D eigenvalue weighted by Gasteiger charge is 2.45. The van der Waals surface area contributed by atoms with Crippen LogP contribution in [0.25, 0.3) is 0 Å². The quantitative estimate of drug-likeness (QED) is 0.512. The molecule has 2 aromatic carbocycles. The normalized spacial score (nSPS) is 26.2. The first-order valence-corrected chi connectivity index (χ1v) is 9.74. The summed E-state index contributed by atoms with van der Waals surface area (Å²) in [5.74, 6) is -0.160. The second-order valence-electron chi connectivity index (χ2n) is 6.89. The molecule has 0 spiro atoms. The zero-order valence-electron chi connectivity index (χ0n) is 16.3. The molecule has 8 nitrogen and oxygen atoms in total. The maximum absolute atomic E-state index is 12.8. The van der Waals surface area contributed by atoms with Crippen LogP contribution in [0.5, 0.6) is 5.75 Å². The molecule has 1 fully saturated rings. The van der Waals surface area contributed by atoms with Crippen molar-refractivity contribution in [3.63, 3.8) is 0 Å². The van der Waals surface area contributed by atoms with Crippen molar-refractivity contribution in [2.45, 2.75) is 37.3 Å². The third-order valence-corrected chi connectivity index (χ3v) is 5.01. The number of carbonyl (C=O) groups is 1. The molecule has 1 heterocycles. The molecule has 3 rings (SSSR count). The summed E-state index contributed by atoms with van der Waals surface area (Å²) in [6, 6.07) is 13.0. The molecular formula is C21H24ClNO7. The predicted molar refractivity (Wildman–Crippen MR) is 108 cm³/mol. The van der Waals surface area contributed by atoms with Crippen LogP contribution < -0.4 is 10.1 Å². The molecule has 0 unspecified atom stereocenters. The van der Waals surface area contributed by atoms with Crippen LogP contribution in [0.4, 0.5) is 0 Å². The lowest BCUT2D eigenvalue weighted by molar-refractivity contribution is -0.261. The van der Waals surface area contributed by atoms with Gasteiger partial charge >= 0.3 is 0 Å². The van der Waals surface area contributed by atoms with E-state index in [4.69, 9.17) is 25.8 Å². The molecule has 162 valence electrons. The molecular weight excluding hydrogens is 414 g/mol. The Hall–Kier alpha value is -2.20. The molecule has 30 heavy (non-hydrogen) atoms. The number of hydrogen-bond donors (Lipinski definition) is 4. The fourth-order valence-corrected chi connectivity index (χ4v) is 3.42. The lowest BCUT2D eigenvalue weighted by atomic mass is 9.96. The number of benzene rings is 2. The summed E-state index contributed by atoms with van der Waals surface area (Å²) in [5.41, 5.74) is 1.16. The second-order valence-corrected chi connectivity index (χ2v) is 7.33. The number of halogens is 1. The van der Waals surface area contributed by atoms with Crippen LogP contribution in [0, 0.1) is 0 Å². The first-order chi connectivity index (χ1) is 14.4. The minimum absolute atomic E-state index is 0.200. The number of carbonyl (C=O) groups excluding carboxylic acids is 1. The third-order valence-electron chi connectivity index (χ3n) is 4.79. The highest BCUT2D eigenvalue weighted by Crippen LogP contribution is 2.25. The molecule has 1 amide bonds. The lowest BCUT2D eigenvalue weighted by Crippen LogP contribution is -2.64. The number of hydrogen-bond acceptors (Lipinski definition) is 7. The molecule has 1 aliphatic rings. The van der Waals surface area contributed by atoms with Crippen molar-refractivity contribution in [1.82, 2.24) is 5.32 Å². The number of aliphatic hydroxyl groups excluding tert-OH is 3. The average Bonchev–Trinajstić information content (AvgIpc) is 2.76. The Bertz CT molecular complexity index is 849. The standard InChI is InChI=1S/C21H24ClNO7/c1-28-21-17(19(26)18(25)16(10-24)30-21)23-20(27)13-7-14(22)9-15(8-13)29-11-12-5-3-2-4-6-12/h2-9,16-19,21,24-26H,10-11H2,1H3,(H,23,27)/t16-,17-,18-,19-,21-/m1/s1. The van der Waals surface area contributed by atoms with Crippen molar-refractivity contribution < 1.29 is 34.3 Å². The van der Waals surface area contributed by atoms with Crippen LogP contribution in [0.15, 0.2) is 48.5 Å². The van der Waals surface area contributed by atoms with Crippen molar-refractivity contribution in [1.29, 1.82) is 0 Å². The average molecular weight is 438 g/mol. The Morgan fingerprint density at radius 2 is 1.90 bits per heavy atom. The van der Waals surface area contributed by atoms with Gasteiger partial charge in [-0.1, -0.05) is 41.9 Å². The van der Waals surface area contributed by atoms with Crippen molar-refractivity contribution in [2.75, 3.05) is 13.7 Å². The van der Waals surface area contributed by atoms with Gasteiger partial charge in [0.05, 0.1) is 6.61 Å². The summed E-state index contributed by atoms with van der Waals surface area (Å²) >= 11 is 6.14. The van der Waals surface area contributed by atoms with Gasteiger partial charge in [0.15, 0.2) is 6.29 Å². The first-order valence-electron chi connectivity index (χ1n) is 9.36. The number of ether oxygens (including phenoxy) is 3. The van der Waals surface area contributed by atoms with Gasteiger partial charge in [-0.25, -0.2) is 0 Å². The van der Waals surface area contributed by atoms with Crippen molar-refractivity contribution in [2.24, 2.45) is 0 Å². The molecule has 0 aliphatic carbocycles. The summed E-state index contributed by atoms with van der Waals surface area (Å²) in [4.78, 5) is 12.8. The fourth-order valence-electron chi connectivity index (χ4n) is 3.19. The number of amides is 1. The minimum atomic E-state index is -1.40. The second kappa shape index (κ2) is 10.2. The van der Waals surface area contributed by atoms with Crippen LogP contribution in [0.2, 0.25) is 5.02 Å². The summed E-state index contributed by atoms with van der Waals surface area (Å²) in [6.45, 7) is -0.201. The minimum Gasteiger partial charge on any atom is -0.489 e. The zero-order chi connectivity index (χ0) is 21.7. The van der Waals surface area contributed by atoms with Gasteiger partial charge in [0.2, 0.25) is 0 Å². The number of aliphatic hydroxyl groups is 3. The highest BCUT2D eigenvalue weighted by molar-refractivity contribution is 6.31. The van der Waals surface area contributed by atoms with E-state index in [0.29, 0.717) is 17.4 Å². The summed E-state index contributed by atoms with van der Waals surface area (Å²) in [6.07, 6.45) is -4.88. The number of nitrogens with one attached hydrogen (secondary N) is 1. The van der Waals surface area contributed by atoms with Crippen LogP contribution in [-0.2, 0) is 16.1 Å². The molecule has 0 saturated carbocycles. The van der Waals surface area contributed by atoms with E-state index < -0.39 is 43.2 Å². The van der Waals surface area contributed by atoms with E-state index in [1.807, 2.05) is 30.3 Å². The van der Waals surface area contributed by atoms with Gasteiger partial charge in [-0.3, -0.25) is 4.79 Å². The molecule has 1 aliphatic heterocycles. The molecule has 9 heteroatoms. The topological polar surface area (TPSA) is 117 Å². The van der Waals surface area contributed by atoms with Crippen LogP contribution in [0.3, 0.4) is 0 Å². The van der Waals surface area contributed by atoms with E-state index >= 15 is 0 Å². The highest BCUT2D eigenvalue weighted by atomic mass is 35.5. The predicted octanol–water partition coefficient (Wildman–Crippen LogP) is 1.10. The van der Waals surface area contributed by atoms with Gasteiger partial charge in [-0.2, -0.15) is 0 Å². The fraction of sp³-hybridized carbons (Fsp3) is 0.381. The molecule has 0 bridgehead atoms. The van der Waals surface area contributed by atoms with Gasteiger partial charge in [-0.05, 0) is 23.8 Å². The van der Waals surface area contributed by atoms with E-state index in [2.05, 4.69) is 5.32 Å². The van der Waals surface area contributed by atoms with Crippen molar-refractivity contribution in [3.8, 4) is 5.75 Å². The summed E-state index contributed by atoms with van der Waals surface area (Å²) in [5, 5.41) is 32.6. The SMILES string of the molecule is CO[C@@H]1O[C@H](CO)[C@@H](O)[C@H](O)[C@H]1NC(=O)c1cc(Cl)cc(OCc2ccccc2)c1. The zero-order valence-corrected chi connectivity index (χ0v) is 17.0. The van der Waals surface area contributed by atoms with Crippen molar-refractivity contribution >= 4 is 17.5 Å². The maximum atomic E-state index is 12.8. The van der Waals surface area contributed by atoms with Gasteiger partial charge in [0.25, 0.3) is 5.91 Å². The van der Waals surface area contributed by atoms with E-state index in [1.54, 1.807) is 6.07 Å². The van der Waals surface area contributed by atoms with E-state index in [-0.39, 0.29) is 5.56 Å². The molecule has 4 N–H and O–H groups in total. The van der Waals surface area contributed by atoms with Crippen LogP contribution in [0.1, 0.15) is 15.9 Å². The Balaban J connectivity index is 1.72. The van der Waals surface area contributed by atoms with Gasteiger partial charge < -0.3 is 34.8 Å². The van der Waals surface area contributed by atoms with E-state index in [1.165, 1.54) is 19.2 Å². The smallest absolute Gasteiger partial charge is 0.251 e. The number of rotatable bonds is 7. The lowest BCUT2D eigenvalue weighted by Gasteiger charge is -2.41. The Labute approximate surface area is 179 Å². The van der Waals surface area contributed by atoms with E-state index in [9.17, 15) is 20.1 Å². The Morgan fingerprint density at radius 1 is 1.17 bits per heavy atom. The Kier molecular flexibility index (Phi) is 7.65. The van der Waals surface area contributed by atoms with Crippen LogP contribution in [-0.4, -0.2) is 65.6 Å². The molecule has 0 aromatic heterocycles. The molecule has 0 radical (unpaired) electrons.